The number of aromatic nitrogens is 1. The van der Waals surface area contributed by atoms with E-state index in [2.05, 4.69) is 53.1 Å². The van der Waals surface area contributed by atoms with E-state index in [-0.39, 0.29) is 0 Å². The standard InChI is InChI=1S/C14H21BrN2/c1-9-5-4-6-13(11(9)3)17-14-10(2)7-12(15)8-16-14/h7-9,11,13H,4-6H2,1-3H3,(H,16,17). The minimum absolute atomic E-state index is 0.575. The normalized spacial score (nSPS) is 29.1. The van der Waals surface area contributed by atoms with Crippen molar-refractivity contribution in [2.24, 2.45) is 11.8 Å². The van der Waals surface area contributed by atoms with Gasteiger partial charge in [0.15, 0.2) is 0 Å². The Morgan fingerprint density at radius 1 is 1.35 bits per heavy atom. The molecular weight excluding hydrogens is 276 g/mol. The quantitative estimate of drug-likeness (QED) is 0.875. The van der Waals surface area contributed by atoms with Crippen LogP contribution < -0.4 is 5.32 Å². The summed E-state index contributed by atoms with van der Waals surface area (Å²) in [6.07, 6.45) is 5.83. The number of anilines is 1. The predicted octanol–water partition coefficient (Wildman–Crippen LogP) is 4.39. The smallest absolute Gasteiger partial charge is 0.129 e. The first-order chi connectivity index (χ1) is 8.08. The van der Waals surface area contributed by atoms with Crippen molar-refractivity contribution in [3.63, 3.8) is 0 Å². The van der Waals surface area contributed by atoms with Crippen LogP contribution in [0.1, 0.15) is 38.7 Å². The summed E-state index contributed by atoms with van der Waals surface area (Å²) in [5.74, 6) is 2.59. The Morgan fingerprint density at radius 3 is 2.82 bits per heavy atom. The van der Waals surface area contributed by atoms with Crippen molar-refractivity contribution >= 4 is 21.7 Å². The van der Waals surface area contributed by atoms with Crippen LogP contribution >= 0.6 is 15.9 Å². The Morgan fingerprint density at radius 2 is 2.12 bits per heavy atom. The maximum Gasteiger partial charge on any atom is 0.129 e. The molecule has 1 aromatic rings. The molecule has 3 heteroatoms. The first-order valence-electron chi connectivity index (χ1n) is 6.46. The molecule has 3 unspecified atom stereocenters. The van der Waals surface area contributed by atoms with Crippen LogP contribution in [-0.2, 0) is 0 Å². The van der Waals surface area contributed by atoms with Gasteiger partial charge in [-0.3, -0.25) is 0 Å². The topological polar surface area (TPSA) is 24.9 Å². The maximum absolute atomic E-state index is 4.47. The lowest BCUT2D eigenvalue weighted by atomic mass is 9.78. The van der Waals surface area contributed by atoms with E-state index in [0.29, 0.717) is 6.04 Å². The number of hydrogen-bond acceptors (Lipinski definition) is 2. The second-order valence-electron chi connectivity index (χ2n) is 5.34. The van der Waals surface area contributed by atoms with E-state index in [0.717, 1.165) is 22.1 Å². The number of nitrogens with one attached hydrogen (secondary N) is 1. The van der Waals surface area contributed by atoms with Gasteiger partial charge in [-0.15, -0.1) is 0 Å². The number of nitrogens with zero attached hydrogens (tertiary/aromatic N) is 1. The highest BCUT2D eigenvalue weighted by molar-refractivity contribution is 9.10. The van der Waals surface area contributed by atoms with Crippen LogP contribution in [0.25, 0.3) is 0 Å². The molecule has 0 spiro atoms. The first-order valence-corrected chi connectivity index (χ1v) is 7.26. The Hall–Kier alpha value is -0.570. The van der Waals surface area contributed by atoms with Crippen molar-refractivity contribution in [2.75, 3.05) is 5.32 Å². The molecule has 1 aliphatic carbocycles. The molecule has 2 nitrogen and oxygen atoms in total. The molecule has 17 heavy (non-hydrogen) atoms. The second-order valence-corrected chi connectivity index (χ2v) is 6.25. The summed E-state index contributed by atoms with van der Waals surface area (Å²) in [4.78, 5) is 4.47. The molecule has 0 bridgehead atoms. The molecule has 0 amide bonds. The second kappa shape index (κ2) is 5.38. The van der Waals surface area contributed by atoms with E-state index in [1.54, 1.807) is 0 Å². The number of hydrogen-bond donors (Lipinski definition) is 1. The molecule has 3 atom stereocenters. The molecule has 1 fully saturated rings. The fourth-order valence-electron chi connectivity index (χ4n) is 2.65. The molecular formula is C14H21BrN2. The van der Waals surface area contributed by atoms with Crippen molar-refractivity contribution in [1.82, 2.24) is 4.98 Å². The van der Waals surface area contributed by atoms with Gasteiger partial charge >= 0.3 is 0 Å². The molecule has 1 N–H and O–H groups in total. The molecule has 1 saturated carbocycles. The van der Waals surface area contributed by atoms with Gasteiger partial charge < -0.3 is 5.32 Å². The van der Waals surface area contributed by atoms with Gasteiger partial charge in [0.05, 0.1) is 0 Å². The minimum Gasteiger partial charge on any atom is -0.367 e. The summed E-state index contributed by atoms with van der Waals surface area (Å²) in [5.41, 5.74) is 1.21. The Kier molecular flexibility index (Phi) is 4.08. The molecule has 0 radical (unpaired) electrons. The van der Waals surface area contributed by atoms with Gasteiger partial charge in [-0.05, 0) is 52.7 Å². The zero-order valence-electron chi connectivity index (χ0n) is 10.8. The van der Waals surface area contributed by atoms with Crippen molar-refractivity contribution in [2.45, 2.75) is 46.1 Å². The third-order valence-corrected chi connectivity index (χ3v) is 4.51. The van der Waals surface area contributed by atoms with Crippen LogP contribution in [0.2, 0.25) is 0 Å². The molecule has 2 rings (SSSR count). The highest BCUT2D eigenvalue weighted by Crippen LogP contribution is 2.32. The van der Waals surface area contributed by atoms with Crippen molar-refractivity contribution in [1.29, 1.82) is 0 Å². The Bertz CT molecular complexity index is 392. The molecule has 0 saturated heterocycles. The number of aryl methyl sites for hydroxylation is 1. The van der Waals surface area contributed by atoms with Crippen molar-refractivity contribution < 1.29 is 0 Å². The highest BCUT2D eigenvalue weighted by Gasteiger charge is 2.27. The van der Waals surface area contributed by atoms with E-state index in [1.165, 1.54) is 24.8 Å². The first kappa shape index (κ1) is 12.9. The van der Waals surface area contributed by atoms with Crippen LogP contribution in [0, 0.1) is 18.8 Å². The van der Waals surface area contributed by atoms with Gasteiger partial charge in [0, 0.05) is 16.7 Å². The van der Waals surface area contributed by atoms with E-state index in [9.17, 15) is 0 Å². The molecule has 0 aromatic carbocycles. The van der Waals surface area contributed by atoms with Crippen LogP contribution in [0.15, 0.2) is 16.7 Å². The summed E-state index contributed by atoms with van der Waals surface area (Å²) >= 11 is 3.45. The van der Waals surface area contributed by atoms with E-state index >= 15 is 0 Å². The lowest BCUT2D eigenvalue weighted by Crippen LogP contribution is -2.35. The van der Waals surface area contributed by atoms with Crippen LogP contribution in [0.3, 0.4) is 0 Å². The largest absolute Gasteiger partial charge is 0.367 e. The summed E-state index contributed by atoms with van der Waals surface area (Å²) in [7, 11) is 0. The number of rotatable bonds is 2. The van der Waals surface area contributed by atoms with Crippen LogP contribution in [0.4, 0.5) is 5.82 Å². The van der Waals surface area contributed by atoms with E-state index < -0.39 is 0 Å². The van der Waals surface area contributed by atoms with E-state index in [1.807, 2.05) is 6.20 Å². The SMILES string of the molecule is Cc1cc(Br)cnc1NC1CCCC(C)C1C. The lowest BCUT2D eigenvalue weighted by Gasteiger charge is -2.35. The fraction of sp³-hybridized carbons (Fsp3) is 0.643. The molecule has 1 aromatic heterocycles. The van der Waals surface area contributed by atoms with Crippen molar-refractivity contribution in [3.8, 4) is 0 Å². The van der Waals surface area contributed by atoms with Gasteiger partial charge in [0.25, 0.3) is 0 Å². The predicted molar refractivity (Wildman–Crippen MR) is 76.3 cm³/mol. The number of halogens is 1. The monoisotopic (exact) mass is 296 g/mol. The molecule has 1 aliphatic rings. The fourth-order valence-corrected chi connectivity index (χ4v) is 3.10. The van der Waals surface area contributed by atoms with Crippen molar-refractivity contribution in [3.05, 3.63) is 22.3 Å². The van der Waals surface area contributed by atoms with Crippen LogP contribution in [-0.4, -0.2) is 11.0 Å². The third-order valence-electron chi connectivity index (χ3n) is 4.07. The van der Waals surface area contributed by atoms with Gasteiger partial charge in [0.2, 0.25) is 0 Å². The third kappa shape index (κ3) is 3.01. The summed E-state index contributed by atoms with van der Waals surface area (Å²) < 4.78 is 1.05. The molecule has 0 aliphatic heterocycles. The zero-order valence-corrected chi connectivity index (χ0v) is 12.4. The van der Waals surface area contributed by atoms with Gasteiger partial charge in [-0.1, -0.05) is 26.7 Å². The summed E-state index contributed by atoms with van der Waals surface area (Å²) in [5, 5.41) is 3.62. The average Bonchev–Trinajstić information content (AvgIpc) is 2.28. The lowest BCUT2D eigenvalue weighted by molar-refractivity contribution is 0.253. The van der Waals surface area contributed by atoms with Gasteiger partial charge in [-0.25, -0.2) is 4.98 Å². The summed E-state index contributed by atoms with van der Waals surface area (Å²) in [6.45, 7) is 6.83. The van der Waals surface area contributed by atoms with Gasteiger partial charge in [-0.2, -0.15) is 0 Å². The van der Waals surface area contributed by atoms with E-state index in [4.69, 9.17) is 0 Å². The Balaban J connectivity index is 2.09. The average molecular weight is 297 g/mol. The highest BCUT2D eigenvalue weighted by atomic mass is 79.9. The Labute approximate surface area is 112 Å². The van der Waals surface area contributed by atoms with Gasteiger partial charge in [0.1, 0.15) is 5.82 Å². The molecule has 1 heterocycles. The minimum atomic E-state index is 0.575. The number of pyridine rings is 1. The maximum atomic E-state index is 4.47. The van der Waals surface area contributed by atoms with Crippen LogP contribution in [0.5, 0.6) is 0 Å². The summed E-state index contributed by atoms with van der Waals surface area (Å²) in [6, 6.07) is 2.69. The zero-order chi connectivity index (χ0) is 12.4. The molecule has 94 valence electrons.